The van der Waals surface area contributed by atoms with E-state index < -0.39 is 0 Å². The highest BCUT2D eigenvalue weighted by atomic mass is 16.1. The highest BCUT2D eigenvalue weighted by Gasteiger charge is 2.32. The second-order valence-corrected chi connectivity index (χ2v) is 7.26. The van der Waals surface area contributed by atoms with Crippen molar-refractivity contribution in [2.45, 2.75) is 71.3 Å². The molecule has 0 saturated heterocycles. The number of carbonyl (C=O) groups excluding carboxylic acids is 1. The number of amides is 1. The van der Waals surface area contributed by atoms with Gasteiger partial charge in [-0.05, 0) is 62.8 Å². The second-order valence-electron chi connectivity index (χ2n) is 7.26. The van der Waals surface area contributed by atoms with Crippen molar-refractivity contribution in [3.05, 3.63) is 0 Å². The Morgan fingerprint density at radius 3 is 2.35 bits per heavy atom. The maximum Gasteiger partial charge on any atom is 0.223 e. The van der Waals surface area contributed by atoms with E-state index in [-0.39, 0.29) is 5.92 Å². The minimum Gasteiger partial charge on any atom is -0.353 e. The molecule has 3 nitrogen and oxygen atoms in total. The smallest absolute Gasteiger partial charge is 0.223 e. The minimum absolute atomic E-state index is 0.243. The Balaban J connectivity index is 1.84. The summed E-state index contributed by atoms with van der Waals surface area (Å²) in [6, 6.07) is 0.420. The lowest BCUT2D eigenvalue weighted by Gasteiger charge is -2.36. The minimum atomic E-state index is 0.243. The molecule has 0 heterocycles. The Hall–Kier alpha value is -0.570. The van der Waals surface area contributed by atoms with Crippen molar-refractivity contribution in [3.63, 3.8) is 0 Å². The monoisotopic (exact) mass is 280 g/mol. The molecule has 2 rings (SSSR count). The summed E-state index contributed by atoms with van der Waals surface area (Å²) in [5.74, 6) is 2.56. The summed E-state index contributed by atoms with van der Waals surface area (Å²) in [5.41, 5.74) is 5.73. The molecular weight excluding hydrogens is 248 g/mol. The van der Waals surface area contributed by atoms with Gasteiger partial charge in [-0.1, -0.05) is 26.7 Å². The van der Waals surface area contributed by atoms with Crippen LogP contribution >= 0.6 is 0 Å². The van der Waals surface area contributed by atoms with E-state index in [0.29, 0.717) is 29.7 Å². The van der Waals surface area contributed by atoms with Crippen LogP contribution in [-0.2, 0) is 4.79 Å². The number of nitrogens with one attached hydrogen (secondary N) is 1. The highest BCUT2D eigenvalue weighted by Crippen LogP contribution is 2.32. The molecule has 2 unspecified atom stereocenters. The van der Waals surface area contributed by atoms with Crippen LogP contribution in [0, 0.1) is 23.7 Å². The number of nitrogens with two attached hydrogens (primary N) is 1. The van der Waals surface area contributed by atoms with E-state index in [9.17, 15) is 4.79 Å². The van der Waals surface area contributed by atoms with Gasteiger partial charge in [-0.25, -0.2) is 0 Å². The molecule has 0 radical (unpaired) electrons. The van der Waals surface area contributed by atoms with Crippen LogP contribution in [0.25, 0.3) is 0 Å². The van der Waals surface area contributed by atoms with Crippen molar-refractivity contribution in [2.75, 3.05) is 6.54 Å². The van der Waals surface area contributed by atoms with E-state index in [1.165, 1.54) is 25.7 Å². The predicted molar refractivity (Wildman–Crippen MR) is 83.2 cm³/mol. The summed E-state index contributed by atoms with van der Waals surface area (Å²) in [5, 5.41) is 3.38. The molecule has 3 N–H and O–H groups in total. The lowest BCUT2D eigenvalue weighted by molar-refractivity contribution is -0.127. The van der Waals surface area contributed by atoms with Gasteiger partial charge in [0, 0.05) is 12.0 Å². The Morgan fingerprint density at radius 1 is 1.10 bits per heavy atom. The van der Waals surface area contributed by atoms with Crippen molar-refractivity contribution >= 4 is 5.91 Å². The average Bonchev–Trinajstić information content (AvgIpc) is 2.47. The molecular formula is C17H32N2O. The quantitative estimate of drug-likeness (QED) is 0.831. The first-order valence-corrected chi connectivity index (χ1v) is 8.62. The van der Waals surface area contributed by atoms with E-state index in [1.807, 2.05) is 0 Å². The summed E-state index contributed by atoms with van der Waals surface area (Å²) in [7, 11) is 0. The van der Waals surface area contributed by atoms with Crippen molar-refractivity contribution in [2.24, 2.45) is 29.4 Å². The third kappa shape index (κ3) is 3.97. The van der Waals surface area contributed by atoms with Gasteiger partial charge in [-0.15, -0.1) is 0 Å². The number of hydrogen-bond acceptors (Lipinski definition) is 2. The number of carbonyl (C=O) groups is 1. The van der Waals surface area contributed by atoms with Gasteiger partial charge in [0.2, 0.25) is 5.91 Å². The fraction of sp³-hybridized carbons (Fsp3) is 0.941. The largest absolute Gasteiger partial charge is 0.353 e. The van der Waals surface area contributed by atoms with Crippen LogP contribution in [-0.4, -0.2) is 18.5 Å². The topological polar surface area (TPSA) is 55.1 Å². The summed E-state index contributed by atoms with van der Waals surface area (Å²) in [4.78, 5) is 12.5. The first-order valence-electron chi connectivity index (χ1n) is 8.62. The molecule has 3 heteroatoms. The highest BCUT2D eigenvalue weighted by molar-refractivity contribution is 5.79. The van der Waals surface area contributed by atoms with Crippen LogP contribution in [0.15, 0.2) is 0 Å². The van der Waals surface area contributed by atoms with Crippen LogP contribution in [0.4, 0.5) is 0 Å². The van der Waals surface area contributed by atoms with Gasteiger partial charge < -0.3 is 11.1 Å². The molecule has 2 atom stereocenters. The van der Waals surface area contributed by atoms with Crippen LogP contribution in [0.2, 0.25) is 0 Å². The molecule has 0 aliphatic heterocycles. The van der Waals surface area contributed by atoms with E-state index in [4.69, 9.17) is 5.73 Å². The Kier molecular flexibility index (Phi) is 5.88. The molecule has 20 heavy (non-hydrogen) atoms. The molecule has 0 spiro atoms. The molecule has 2 aliphatic rings. The second kappa shape index (κ2) is 7.44. The normalized spacial score (nSPS) is 35.0. The van der Waals surface area contributed by atoms with E-state index >= 15 is 0 Å². The lowest BCUT2D eigenvalue weighted by atomic mass is 9.77. The van der Waals surface area contributed by atoms with Gasteiger partial charge in [0.15, 0.2) is 0 Å². The molecule has 2 fully saturated rings. The van der Waals surface area contributed by atoms with Crippen molar-refractivity contribution < 1.29 is 4.79 Å². The zero-order chi connectivity index (χ0) is 14.5. The third-order valence-electron chi connectivity index (χ3n) is 5.55. The van der Waals surface area contributed by atoms with Crippen LogP contribution in [0.3, 0.4) is 0 Å². The fourth-order valence-corrected chi connectivity index (χ4v) is 4.10. The first kappa shape index (κ1) is 15.8. The summed E-state index contributed by atoms with van der Waals surface area (Å²) in [6.07, 6.45) is 9.39. The van der Waals surface area contributed by atoms with Crippen molar-refractivity contribution in [1.82, 2.24) is 5.32 Å². The number of hydrogen-bond donors (Lipinski definition) is 2. The molecule has 116 valence electrons. The fourth-order valence-electron chi connectivity index (χ4n) is 4.10. The zero-order valence-electron chi connectivity index (χ0n) is 13.2. The first-order chi connectivity index (χ1) is 9.61. The number of rotatable bonds is 4. The van der Waals surface area contributed by atoms with Crippen molar-refractivity contribution in [1.29, 1.82) is 0 Å². The maximum absolute atomic E-state index is 12.5. The molecule has 1 amide bonds. The van der Waals surface area contributed by atoms with Gasteiger partial charge >= 0.3 is 0 Å². The SMILES string of the molecule is CC(C)C1CCCCC1NC(=O)C1CCC(CN)CC1. The maximum atomic E-state index is 12.5. The molecule has 0 aromatic heterocycles. The van der Waals surface area contributed by atoms with E-state index in [2.05, 4.69) is 19.2 Å². The van der Waals surface area contributed by atoms with Gasteiger partial charge in [-0.3, -0.25) is 4.79 Å². The molecule has 0 aromatic rings. The van der Waals surface area contributed by atoms with Gasteiger partial charge in [0.25, 0.3) is 0 Å². The summed E-state index contributed by atoms with van der Waals surface area (Å²) >= 11 is 0. The van der Waals surface area contributed by atoms with Crippen molar-refractivity contribution in [3.8, 4) is 0 Å². The van der Waals surface area contributed by atoms with Crippen LogP contribution in [0.5, 0.6) is 0 Å². The molecule has 2 aliphatic carbocycles. The Bertz CT molecular complexity index is 308. The van der Waals surface area contributed by atoms with Gasteiger partial charge in [0.05, 0.1) is 0 Å². The predicted octanol–water partition coefficient (Wildman–Crippen LogP) is 3.08. The lowest BCUT2D eigenvalue weighted by Crippen LogP contribution is -2.46. The molecule has 2 saturated carbocycles. The van der Waals surface area contributed by atoms with E-state index in [0.717, 1.165) is 32.2 Å². The molecule has 0 aromatic carbocycles. The Morgan fingerprint density at radius 2 is 1.75 bits per heavy atom. The van der Waals surface area contributed by atoms with Crippen LogP contribution < -0.4 is 11.1 Å². The third-order valence-corrected chi connectivity index (χ3v) is 5.55. The molecule has 0 bridgehead atoms. The van der Waals surface area contributed by atoms with Crippen LogP contribution in [0.1, 0.15) is 65.2 Å². The zero-order valence-corrected chi connectivity index (χ0v) is 13.2. The standard InChI is InChI=1S/C17H32N2O/c1-12(2)15-5-3-4-6-16(15)19-17(20)14-9-7-13(11-18)8-10-14/h12-16H,3-11,18H2,1-2H3,(H,19,20). The summed E-state index contributed by atoms with van der Waals surface area (Å²) in [6.45, 7) is 5.37. The Labute approximate surface area is 124 Å². The van der Waals surface area contributed by atoms with Gasteiger partial charge in [-0.2, -0.15) is 0 Å². The summed E-state index contributed by atoms with van der Waals surface area (Å²) < 4.78 is 0. The van der Waals surface area contributed by atoms with E-state index in [1.54, 1.807) is 0 Å². The average molecular weight is 280 g/mol. The van der Waals surface area contributed by atoms with Gasteiger partial charge in [0.1, 0.15) is 0 Å².